The van der Waals surface area contributed by atoms with E-state index in [1.165, 1.54) is 13.8 Å². The molecule has 116 valence electrons. The second-order valence-corrected chi connectivity index (χ2v) is 5.10. The Balaban J connectivity index is 2.73. The van der Waals surface area contributed by atoms with Gasteiger partial charge in [0.15, 0.2) is 6.29 Å². The molecule has 20 heavy (non-hydrogen) atoms. The summed E-state index contributed by atoms with van der Waals surface area (Å²) in [5.41, 5.74) is 0. The highest BCUT2D eigenvalue weighted by atomic mass is 16.6. The van der Waals surface area contributed by atoms with E-state index in [1.807, 2.05) is 0 Å². The maximum atomic E-state index is 11.6. The molecule has 1 unspecified atom stereocenters. The van der Waals surface area contributed by atoms with E-state index in [2.05, 4.69) is 10.6 Å². The smallest absolute Gasteiger partial charge is 0.222 e. The summed E-state index contributed by atoms with van der Waals surface area (Å²) < 4.78 is 5.19. The highest BCUT2D eigenvalue weighted by Crippen LogP contribution is 2.20. The molecule has 0 spiro atoms. The van der Waals surface area contributed by atoms with Crippen LogP contribution in [0, 0.1) is 0 Å². The molecule has 0 aromatic rings. The van der Waals surface area contributed by atoms with Crippen LogP contribution in [0.5, 0.6) is 0 Å². The first-order chi connectivity index (χ1) is 9.22. The van der Waals surface area contributed by atoms with Gasteiger partial charge in [0, 0.05) is 6.92 Å². The molecular weight excluding hydrogens is 268 g/mol. The largest absolute Gasteiger partial charge is 0.393 e. The van der Waals surface area contributed by atoms with Crippen LogP contribution in [-0.4, -0.2) is 63.8 Å². The zero-order valence-electron chi connectivity index (χ0n) is 11.7. The Labute approximate surface area is 117 Å². The fourth-order valence-corrected chi connectivity index (χ4v) is 2.17. The van der Waals surface area contributed by atoms with Gasteiger partial charge in [0.25, 0.3) is 0 Å². The van der Waals surface area contributed by atoms with Gasteiger partial charge in [-0.15, -0.1) is 0 Å². The van der Waals surface area contributed by atoms with E-state index in [0.29, 0.717) is 0 Å². The highest BCUT2D eigenvalue weighted by Gasteiger charge is 2.43. The summed E-state index contributed by atoms with van der Waals surface area (Å²) in [5, 5.41) is 33.9. The summed E-state index contributed by atoms with van der Waals surface area (Å²) in [7, 11) is 0. The van der Waals surface area contributed by atoms with Gasteiger partial charge >= 0.3 is 0 Å². The quantitative estimate of drug-likeness (QED) is 0.401. The van der Waals surface area contributed by atoms with Gasteiger partial charge in [-0.2, -0.15) is 0 Å². The second kappa shape index (κ2) is 6.98. The molecule has 8 nitrogen and oxygen atoms in total. The van der Waals surface area contributed by atoms with Crippen LogP contribution in [0.3, 0.4) is 0 Å². The number of aliphatic hydroxyl groups is 3. The van der Waals surface area contributed by atoms with Crippen molar-refractivity contribution < 1.29 is 29.6 Å². The Morgan fingerprint density at radius 1 is 1.25 bits per heavy atom. The van der Waals surface area contributed by atoms with Crippen LogP contribution >= 0.6 is 0 Å². The predicted octanol–water partition coefficient (Wildman–Crippen LogP) is -2.16. The second-order valence-electron chi connectivity index (χ2n) is 5.10. The first-order valence-electron chi connectivity index (χ1n) is 6.48. The van der Waals surface area contributed by atoms with E-state index in [4.69, 9.17) is 9.84 Å². The van der Waals surface area contributed by atoms with Crippen LogP contribution in [0.1, 0.15) is 27.2 Å². The molecule has 0 aliphatic carbocycles. The average Bonchev–Trinajstić information content (AvgIpc) is 2.29. The SMILES string of the molecule is CC(=O)N[C@@H]1[C@@H](O)[C@H](NC(=O)CC(C)O)[C@@H](C)O[C@@H]1O. The third kappa shape index (κ3) is 4.41. The maximum Gasteiger partial charge on any atom is 0.222 e. The van der Waals surface area contributed by atoms with E-state index in [9.17, 15) is 19.8 Å². The standard InChI is InChI=1S/C12H22N2O6/c1-5(15)4-8(17)14-9-6(2)20-12(19)10(11(9)18)13-7(3)16/h5-6,9-12,15,18-19H,4H2,1-3H3,(H,13,16)(H,14,17)/t5?,6-,9-,10-,11+,12+/m1/s1. The third-order valence-electron chi connectivity index (χ3n) is 3.08. The molecule has 0 aromatic heterocycles. The number of amides is 2. The lowest BCUT2D eigenvalue weighted by molar-refractivity contribution is -0.215. The van der Waals surface area contributed by atoms with Crippen LogP contribution in [0.4, 0.5) is 0 Å². The molecule has 1 aliphatic rings. The molecule has 0 radical (unpaired) electrons. The molecule has 0 bridgehead atoms. The average molecular weight is 290 g/mol. The molecule has 1 rings (SSSR count). The zero-order valence-corrected chi connectivity index (χ0v) is 11.7. The van der Waals surface area contributed by atoms with Crippen molar-refractivity contribution in [3.63, 3.8) is 0 Å². The monoisotopic (exact) mass is 290 g/mol. The van der Waals surface area contributed by atoms with Gasteiger partial charge in [0.2, 0.25) is 11.8 Å². The van der Waals surface area contributed by atoms with Crippen molar-refractivity contribution in [2.45, 2.75) is 63.9 Å². The molecule has 6 atom stereocenters. The van der Waals surface area contributed by atoms with Crippen LogP contribution in [0.15, 0.2) is 0 Å². The number of rotatable bonds is 4. The fraction of sp³-hybridized carbons (Fsp3) is 0.833. The minimum Gasteiger partial charge on any atom is -0.393 e. The number of ether oxygens (including phenoxy) is 1. The third-order valence-corrected chi connectivity index (χ3v) is 3.08. The minimum absolute atomic E-state index is 0.108. The Bertz CT molecular complexity index is 362. The van der Waals surface area contributed by atoms with Gasteiger partial charge in [-0.1, -0.05) is 0 Å². The summed E-state index contributed by atoms with van der Waals surface area (Å²) in [6.45, 7) is 4.31. The fourth-order valence-electron chi connectivity index (χ4n) is 2.17. The van der Waals surface area contributed by atoms with E-state index >= 15 is 0 Å². The van der Waals surface area contributed by atoms with Gasteiger partial charge < -0.3 is 30.7 Å². The number of carbonyl (C=O) groups is 2. The first-order valence-corrected chi connectivity index (χ1v) is 6.48. The maximum absolute atomic E-state index is 11.6. The lowest BCUT2D eigenvalue weighted by Crippen LogP contribution is -2.67. The minimum atomic E-state index is -1.35. The first kappa shape index (κ1) is 16.8. The molecule has 0 saturated carbocycles. The molecule has 5 N–H and O–H groups in total. The topological polar surface area (TPSA) is 128 Å². The number of nitrogens with one attached hydrogen (secondary N) is 2. The Morgan fingerprint density at radius 3 is 2.35 bits per heavy atom. The van der Waals surface area contributed by atoms with Crippen LogP contribution in [0.2, 0.25) is 0 Å². The van der Waals surface area contributed by atoms with Gasteiger partial charge in [-0.25, -0.2) is 0 Å². The van der Waals surface area contributed by atoms with Gasteiger partial charge in [0.05, 0.1) is 24.7 Å². The molecule has 8 heteroatoms. The van der Waals surface area contributed by atoms with Gasteiger partial charge in [0.1, 0.15) is 12.1 Å². The van der Waals surface area contributed by atoms with Crippen LogP contribution in [0.25, 0.3) is 0 Å². The number of hydrogen-bond donors (Lipinski definition) is 5. The molecule has 1 saturated heterocycles. The molecule has 0 aromatic carbocycles. The molecule has 1 heterocycles. The molecule has 1 fully saturated rings. The Morgan fingerprint density at radius 2 is 1.85 bits per heavy atom. The van der Waals surface area contributed by atoms with Crippen molar-refractivity contribution in [1.29, 1.82) is 0 Å². The highest BCUT2D eigenvalue weighted by molar-refractivity contribution is 5.77. The van der Waals surface area contributed by atoms with Crippen molar-refractivity contribution in [3.8, 4) is 0 Å². The molecule has 1 aliphatic heterocycles. The number of hydrogen-bond acceptors (Lipinski definition) is 6. The van der Waals surface area contributed by atoms with Crippen molar-refractivity contribution in [2.24, 2.45) is 0 Å². The zero-order chi connectivity index (χ0) is 15.4. The van der Waals surface area contributed by atoms with Crippen LogP contribution in [-0.2, 0) is 14.3 Å². The lowest BCUT2D eigenvalue weighted by atomic mass is 9.94. The molecule has 2 amide bonds. The number of carbonyl (C=O) groups excluding carboxylic acids is 2. The van der Waals surface area contributed by atoms with Crippen molar-refractivity contribution in [1.82, 2.24) is 10.6 Å². The number of aliphatic hydroxyl groups excluding tert-OH is 3. The lowest BCUT2D eigenvalue weighted by Gasteiger charge is -2.42. The van der Waals surface area contributed by atoms with E-state index < -0.39 is 48.5 Å². The van der Waals surface area contributed by atoms with Gasteiger partial charge in [-0.3, -0.25) is 9.59 Å². The summed E-state index contributed by atoms with van der Waals surface area (Å²) in [6, 6.07) is -1.82. The summed E-state index contributed by atoms with van der Waals surface area (Å²) in [6.07, 6.45) is -4.10. The summed E-state index contributed by atoms with van der Waals surface area (Å²) in [5.74, 6) is -0.877. The van der Waals surface area contributed by atoms with E-state index in [-0.39, 0.29) is 6.42 Å². The summed E-state index contributed by atoms with van der Waals surface area (Å²) >= 11 is 0. The van der Waals surface area contributed by atoms with E-state index in [0.717, 1.165) is 0 Å². The molecular formula is C12H22N2O6. The summed E-state index contributed by atoms with van der Waals surface area (Å²) in [4.78, 5) is 22.7. The van der Waals surface area contributed by atoms with Crippen molar-refractivity contribution >= 4 is 11.8 Å². The van der Waals surface area contributed by atoms with Gasteiger partial charge in [-0.05, 0) is 13.8 Å². The normalized spacial score (nSPS) is 35.2. The van der Waals surface area contributed by atoms with Crippen molar-refractivity contribution in [3.05, 3.63) is 0 Å². The van der Waals surface area contributed by atoms with Crippen molar-refractivity contribution in [2.75, 3.05) is 0 Å². The van der Waals surface area contributed by atoms with Crippen LogP contribution < -0.4 is 10.6 Å². The predicted molar refractivity (Wildman–Crippen MR) is 68.4 cm³/mol. The Hall–Kier alpha value is -1.22. The van der Waals surface area contributed by atoms with E-state index in [1.54, 1.807) is 6.92 Å². The Kier molecular flexibility index (Phi) is 5.88.